The topological polar surface area (TPSA) is 89.3 Å². The maximum absolute atomic E-state index is 14.0. The quantitative estimate of drug-likeness (QED) is 0.0883. The Morgan fingerprint density at radius 1 is 1.08 bits per heavy atom. The molecule has 36 heavy (non-hydrogen) atoms. The molecule has 0 aliphatic heterocycles. The Hall–Kier alpha value is -3.52. The monoisotopic (exact) mass is 517 g/mol. The Morgan fingerprint density at radius 2 is 1.86 bits per heavy atom. The first kappa shape index (κ1) is 24.2. The summed E-state index contributed by atoms with van der Waals surface area (Å²) in [6.07, 6.45) is 6.89. The Labute approximate surface area is 218 Å². The van der Waals surface area contributed by atoms with Crippen LogP contribution in [-0.4, -0.2) is 10.8 Å². The van der Waals surface area contributed by atoms with Crippen LogP contribution in [0.3, 0.4) is 0 Å². The summed E-state index contributed by atoms with van der Waals surface area (Å²) in [5.41, 5.74) is 11.4. The summed E-state index contributed by atoms with van der Waals surface area (Å²) in [5.74, 6) is 11.1. The molecule has 0 bridgehead atoms. The minimum atomic E-state index is -0.342. The minimum absolute atomic E-state index is 0.340. The van der Waals surface area contributed by atoms with Gasteiger partial charge in [-0.2, -0.15) is 5.10 Å². The van der Waals surface area contributed by atoms with Gasteiger partial charge in [0.25, 0.3) is 0 Å². The highest BCUT2D eigenvalue weighted by molar-refractivity contribution is 7.16. The van der Waals surface area contributed by atoms with E-state index in [4.69, 9.17) is 23.3 Å². The third-order valence-corrected chi connectivity index (χ3v) is 7.67. The molecule has 0 radical (unpaired) electrons. The number of allylic oxidation sites excluding steroid dienone is 1. The van der Waals surface area contributed by atoms with E-state index in [1.54, 1.807) is 23.5 Å². The molecule has 0 saturated heterocycles. The van der Waals surface area contributed by atoms with Crippen molar-refractivity contribution in [3.63, 3.8) is 0 Å². The number of hydrogen-bond donors (Lipinski definition) is 3. The van der Waals surface area contributed by atoms with Crippen molar-refractivity contribution in [1.82, 2.24) is 10.4 Å². The van der Waals surface area contributed by atoms with Crippen molar-refractivity contribution in [3.8, 4) is 0 Å². The molecular formula is C28H25ClFN5S. The number of benzene rings is 3. The highest BCUT2D eigenvalue weighted by Gasteiger charge is 2.28. The fourth-order valence-electron chi connectivity index (χ4n) is 4.52. The number of thiazole rings is 1. The molecule has 0 spiro atoms. The van der Waals surface area contributed by atoms with Crippen LogP contribution in [0.5, 0.6) is 0 Å². The van der Waals surface area contributed by atoms with Crippen LogP contribution in [0, 0.1) is 11.7 Å². The lowest BCUT2D eigenvalue weighted by Gasteiger charge is -2.32. The van der Waals surface area contributed by atoms with E-state index >= 15 is 0 Å². The molecular weight excluding hydrogens is 493 g/mol. The standard InChI is InChI=1S/C28H25ClFN5S/c29-23-15-21(30)10-11-22(23)28(18-2-1-3-18)27(20-9-12-25-24(14-20)33-16-36-25)19-7-4-17(5-8-19)6-13-26(34-31)35-32/h4-16,18H,1-3,31-32H2,(H,34,35)/b13-6+,28-27+. The fourth-order valence-corrected chi connectivity index (χ4v) is 5.45. The number of hydrazine groups is 1. The fraction of sp³-hybridized carbons (Fsp3) is 0.143. The van der Waals surface area contributed by atoms with Crippen molar-refractivity contribution >= 4 is 56.2 Å². The van der Waals surface area contributed by atoms with E-state index in [9.17, 15) is 4.39 Å². The highest BCUT2D eigenvalue weighted by Crippen LogP contribution is 2.47. The normalized spacial score (nSPS) is 15.2. The zero-order chi connectivity index (χ0) is 25.1. The Bertz CT molecular complexity index is 1490. The summed E-state index contributed by atoms with van der Waals surface area (Å²) in [4.78, 5) is 4.54. The van der Waals surface area contributed by atoms with Crippen LogP contribution in [-0.2, 0) is 0 Å². The van der Waals surface area contributed by atoms with Crippen LogP contribution in [0.1, 0.15) is 41.5 Å². The van der Waals surface area contributed by atoms with Crippen LogP contribution in [0.25, 0.3) is 27.4 Å². The minimum Gasteiger partial charge on any atom is -0.321 e. The second-order valence-electron chi connectivity index (χ2n) is 8.69. The van der Waals surface area contributed by atoms with Crippen molar-refractivity contribution in [3.05, 3.63) is 105 Å². The SMILES string of the molecule is N/N=C(/C=C/c1ccc(/C(=C(\c2ccc(F)cc2Cl)C2CCC2)c2ccc3scnc3c2)cc1)NN. The van der Waals surface area contributed by atoms with Gasteiger partial charge in [-0.1, -0.05) is 60.5 Å². The van der Waals surface area contributed by atoms with E-state index in [1.165, 1.54) is 12.1 Å². The number of rotatable bonds is 6. The van der Waals surface area contributed by atoms with E-state index < -0.39 is 0 Å². The third-order valence-electron chi connectivity index (χ3n) is 6.54. The van der Waals surface area contributed by atoms with Crippen molar-refractivity contribution in [1.29, 1.82) is 0 Å². The molecule has 0 amide bonds. The Kier molecular flexibility index (Phi) is 7.13. The van der Waals surface area contributed by atoms with Gasteiger partial charge in [-0.25, -0.2) is 15.2 Å². The number of hydrogen-bond acceptors (Lipinski definition) is 5. The van der Waals surface area contributed by atoms with Gasteiger partial charge in [-0.15, -0.1) is 11.3 Å². The average molecular weight is 518 g/mol. The summed E-state index contributed by atoms with van der Waals surface area (Å²) in [7, 11) is 0. The summed E-state index contributed by atoms with van der Waals surface area (Å²) in [6, 6.07) is 19.3. The summed E-state index contributed by atoms with van der Waals surface area (Å²) in [6.45, 7) is 0. The predicted molar refractivity (Wildman–Crippen MR) is 149 cm³/mol. The van der Waals surface area contributed by atoms with Gasteiger partial charge in [-0.3, -0.25) is 0 Å². The zero-order valence-electron chi connectivity index (χ0n) is 19.4. The Morgan fingerprint density at radius 3 is 2.53 bits per heavy atom. The molecule has 1 heterocycles. The molecule has 5 nitrogen and oxygen atoms in total. The molecule has 1 aliphatic carbocycles. The van der Waals surface area contributed by atoms with Gasteiger partial charge in [0.1, 0.15) is 5.82 Å². The first-order valence-electron chi connectivity index (χ1n) is 11.6. The molecule has 1 fully saturated rings. The molecule has 1 saturated carbocycles. The second-order valence-corrected chi connectivity index (χ2v) is 9.98. The van der Waals surface area contributed by atoms with Gasteiger partial charge in [0.2, 0.25) is 0 Å². The van der Waals surface area contributed by atoms with Crippen molar-refractivity contribution in [2.75, 3.05) is 0 Å². The van der Waals surface area contributed by atoms with Crippen molar-refractivity contribution in [2.24, 2.45) is 22.7 Å². The summed E-state index contributed by atoms with van der Waals surface area (Å²) < 4.78 is 15.1. The number of nitrogens with one attached hydrogen (secondary N) is 1. The van der Waals surface area contributed by atoms with Gasteiger partial charge in [0.15, 0.2) is 5.84 Å². The predicted octanol–water partition coefficient (Wildman–Crippen LogP) is 6.60. The van der Waals surface area contributed by atoms with Gasteiger partial charge in [-0.05, 0) is 82.5 Å². The lowest BCUT2D eigenvalue weighted by molar-refractivity contribution is 0.401. The van der Waals surface area contributed by atoms with Crippen molar-refractivity contribution < 1.29 is 4.39 Å². The van der Waals surface area contributed by atoms with Crippen molar-refractivity contribution in [2.45, 2.75) is 19.3 Å². The Balaban J connectivity index is 1.70. The molecule has 8 heteroatoms. The van der Waals surface area contributed by atoms with Crippen LogP contribution in [0.15, 0.2) is 77.4 Å². The number of aromatic nitrogens is 1. The number of amidine groups is 1. The van der Waals surface area contributed by atoms with Crippen LogP contribution in [0.4, 0.5) is 4.39 Å². The zero-order valence-corrected chi connectivity index (χ0v) is 21.0. The molecule has 3 aromatic carbocycles. The molecule has 5 rings (SSSR count). The van der Waals surface area contributed by atoms with Crippen LogP contribution in [0.2, 0.25) is 5.02 Å². The van der Waals surface area contributed by atoms with E-state index in [0.717, 1.165) is 62.9 Å². The molecule has 0 unspecified atom stereocenters. The number of fused-ring (bicyclic) bond motifs is 1. The van der Waals surface area contributed by atoms with Gasteiger partial charge >= 0.3 is 0 Å². The van der Waals surface area contributed by atoms with E-state index in [1.807, 2.05) is 23.7 Å². The summed E-state index contributed by atoms with van der Waals surface area (Å²) >= 11 is 8.26. The molecule has 5 N–H and O–H groups in total. The van der Waals surface area contributed by atoms with Gasteiger partial charge in [0.05, 0.1) is 20.7 Å². The molecule has 1 aliphatic rings. The number of halogens is 2. The van der Waals surface area contributed by atoms with Gasteiger partial charge in [0, 0.05) is 0 Å². The average Bonchev–Trinajstić information content (AvgIpc) is 3.32. The highest BCUT2D eigenvalue weighted by atomic mass is 35.5. The lowest BCUT2D eigenvalue weighted by Crippen LogP contribution is -2.29. The lowest BCUT2D eigenvalue weighted by atomic mass is 9.73. The molecule has 182 valence electrons. The molecule has 0 atom stereocenters. The number of hydrazone groups is 1. The largest absolute Gasteiger partial charge is 0.321 e. The van der Waals surface area contributed by atoms with Crippen LogP contribution >= 0.6 is 22.9 Å². The van der Waals surface area contributed by atoms with E-state index in [2.05, 4.69) is 45.8 Å². The number of nitrogens with zero attached hydrogens (tertiary/aromatic N) is 2. The van der Waals surface area contributed by atoms with E-state index in [-0.39, 0.29) is 5.82 Å². The maximum atomic E-state index is 14.0. The molecule has 4 aromatic rings. The third kappa shape index (κ3) is 4.91. The first-order valence-corrected chi connectivity index (χ1v) is 12.9. The number of nitrogens with two attached hydrogens (primary N) is 2. The summed E-state index contributed by atoms with van der Waals surface area (Å²) in [5, 5.41) is 4.00. The second kappa shape index (κ2) is 10.6. The van der Waals surface area contributed by atoms with Gasteiger partial charge < -0.3 is 11.3 Å². The molecule has 1 aromatic heterocycles. The van der Waals surface area contributed by atoms with E-state index in [0.29, 0.717) is 16.8 Å². The first-order chi connectivity index (χ1) is 17.6. The van der Waals surface area contributed by atoms with Crippen LogP contribution < -0.4 is 17.1 Å². The smallest absolute Gasteiger partial charge is 0.159 e. The maximum Gasteiger partial charge on any atom is 0.159 e.